The first-order valence-corrected chi connectivity index (χ1v) is 3.86. The normalized spacial score (nSPS) is 9.08. The highest BCUT2D eigenvalue weighted by molar-refractivity contribution is 5.85. The first kappa shape index (κ1) is 12.0. The smallest absolute Gasteiger partial charge is 0.0991 e. The van der Waals surface area contributed by atoms with Gasteiger partial charge in [-0.15, -0.1) is 12.4 Å². The minimum Gasteiger partial charge on any atom is -0.305 e. The summed E-state index contributed by atoms with van der Waals surface area (Å²) in [5.41, 5.74) is 1.96. The highest BCUT2D eigenvalue weighted by Crippen LogP contribution is 2.04. The summed E-state index contributed by atoms with van der Waals surface area (Å²) >= 11 is 0. The molecule has 2 nitrogen and oxygen atoms in total. The van der Waals surface area contributed by atoms with Crippen molar-refractivity contribution >= 4 is 12.4 Å². The number of benzene rings is 1. The van der Waals surface area contributed by atoms with Gasteiger partial charge in [0.05, 0.1) is 11.6 Å². The fourth-order valence-corrected chi connectivity index (χ4v) is 1.05. The molecular formula is C10H13ClN2. The average molecular weight is 197 g/mol. The van der Waals surface area contributed by atoms with Gasteiger partial charge < -0.3 is 4.90 Å². The van der Waals surface area contributed by atoms with E-state index in [-0.39, 0.29) is 12.4 Å². The fraction of sp³-hybridized carbons (Fsp3) is 0.300. The van der Waals surface area contributed by atoms with E-state index < -0.39 is 0 Å². The second-order valence-corrected chi connectivity index (χ2v) is 3.05. The van der Waals surface area contributed by atoms with Gasteiger partial charge in [0.15, 0.2) is 0 Å². The lowest BCUT2D eigenvalue weighted by Crippen LogP contribution is -2.10. The third-order valence-corrected chi connectivity index (χ3v) is 1.58. The summed E-state index contributed by atoms with van der Waals surface area (Å²) < 4.78 is 0. The van der Waals surface area contributed by atoms with Crippen LogP contribution in [0, 0.1) is 11.3 Å². The molecule has 0 spiro atoms. The second-order valence-electron chi connectivity index (χ2n) is 3.05. The molecule has 0 amide bonds. The highest BCUT2D eigenvalue weighted by Gasteiger charge is 1.94. The van der Waals surface area contributed by atoms with Crippen LogP contribution in [0.25, 0.3) is 0 Å². The van der Waals surface area contributed by atoms with Crippen molar-refractivity contribution in [2.45, 2.75) is 6.54 Å². The van der Waals surface area contributed by atoms with E-state index in [9.17, 15) is 0 Å². The molecule has 3 heteroatoms. The van der Waals surface area contributed by atoms with Crippen molar-refractivity contribution < 1.29 is 0 Å². The average Bonchev–Trinajstić information content (AvgIpc) is 2.05. The third-order valence-electron chi connectivity index (χ3n) is 1.58. The summed E-state index contributed by atoms with van der Waals surface area (Å²) in [5, 5.41) is 8.55. The monoisotopic (exact) mass is 196 g/mol. The minimum absolute atomic E-state index is 0. The summed E-state index contributed by atoms with van der Waals surface area (Å²) in [5.74, 6) is 0. The van der Waals surface area contributed by atoms with Crippen LogP contribution in [0.2, 0.25) is 0 Å². The molecule has 0 heterocycles. The molecule has 0 N–H and O–H groups in total. The van der Waals surface area contributed by atoms with Gasteiger partial charge in [0, 0.05) is 6.54 Å². The zero-order chi connectivity index (χ0) is 8.97. The quantitative estimate of drug-likeness (QED) is 0.724. The molecule has 1 aromatic carbocycles. The molecule has 70 valence electrons. The minimum atomic E-state index is 0. The van der Waals surface area contributed by atoms with Crippen LogP contribution in [-0.2, 0) is 6.54 Å². The molecule has 13 heavy (non-hydrogen) atoms. The lowest BCUT2D eigenvalue weighted by Gasteiger charge is -2.08. The predicted octanol–water partition coefficient (Wildman–Crippen LogP) is 2.04. The summed E-state index contributed by atoms with van der Waals surface area (Å²) in [4.78, 5) is 2.10. The van der Waals surface area contributed by atoms with E-state index in [0.29, 0.717) is 0 Å². The van der Waals surface area contributed by atoms with Crippen molar-refractivity contribution in [3.63, 3.8) is 0 Å². The van der Waals surface area contributed by atoms with Crippen LogP contribution in [-0.4, -0.2) is 19.0 Å². The third kappa shape index (κ3) is 3.93. The van der Waals surface area contributed by atoms with Gasteiger partial charge in [0.1, 0.15) is 0 Å². The highest BCUT2D eigenvalue weighted by atomic mass is 35.5. The Labute approximate surface area is 85.2 Å². The summed E-state index contributed by atoms with van der Waals surface area (Å²) in [6.45, 7) is 0.922. The Morgan fingerprint density at radius 3 is 2.15 bits per heavy atom. The molecule has 0 saturated heterocycles. The van der Waals surface area contributed by atoms with Crippen LogP contribution in [0.15, 0.2) is 24.3 Å². The van der Waals surface area contributed by atoms with Crippen LogP contribution >= 0.6 is 12.4 Å². The summed E-state index contributed by atoms with van der Waals surface area (Å²) in [6, 6.07) is 9.76. The first-order valence-electron chi connectivity index (χ1n) is 3.86. The first-order chi connectivity index (χ1) is 5.72. The van der Waals surface area contributed by atoms with Crippen molar-refractivity contribution in [3.05, 3.63) is 35.4 Å². The molecule has 0 bridgehead atoms. The molecule has 0 saturated carbocycles. The van der Waals surface area contributed by atoms with E-state index in [2.05, 4.69) is 11.0 Å². The van der Waals surface area contributed by atoms with Crippen molar-refractivity contribution in [1.29, 1.82) is 5.26 Å². The molecule has 0 fully saturated rings. The largest absolute Gasteiger partial charge is 0.305 e. The van der Waals surface area contributed by atoms with E-state index in [1.54, 1.807) is 0 Å². The lowest BCUT2D eigenvalue weighted by molar-refractivity contribution is 0.402. The van der Waals surface area contributed by atoms with Gasteiger partial charge in [0.2, 0.25) is 0 Å². The number of rotatable bonds is 2. The van der Waals surface area contributed by atoms with Crippen LogP contribution in [0.4, 0.5) is 0 Å². The number of hydrogen-bond acceptors (Lipinski definition) is 2. The lowest BCUT2D eigenvalue weighted by atomic mass is 10.1. The summed E-state index contributed by atoms with van der Waals surface area (Å²) in [6.07, 6.45) is 0. The zero-order valence-corrected chi connectivity index (χ0v) is 8.64. The van der Waals surface area contributed by atoms with E-state index in [0.717, 1.165) is 12.1 Å². The molecule has 0 radical (unpaired) electrons. The number of hydrogen-bond donors (Lipinski definition) is 0. The number of halogens is 1. The van der Waals surface area contributed by atoms with Crippen molar-refractivity contribution in [1.82, 2.24) is 4.90 Å². The van der Waals surface area contributed by atoms with Crippen molar-refractivity contribution in [2.24, 2.45) is 0 Å². The Kier molecular flexibility index (Phi) is 5.13. The Bertz CT molecular complexity index is 285. The molecule has 0 atom stereocenters. The molecule has 0 aliphatic carbocycles. The van der Waals surface area contributed by atoms with Crippen LogP contribution < -0.4 is 0 Å². The molecule has 0 aromatic heterocycles. The van der Waals surface area contributed by atoms with Crippen molar-refractivity contribution in [3.8, 4) is 6.07 Å². The molecule has 0 unspecified atom stereocenters. The fourth-order valence-electron chi connectivity index (χ4n) is 1.05. The molecular weight excluding hydrogens is 184 g/mol. The predicted molar refractivity (Wildman–Crippen MR) is 55.8 cm³/mol. The van der Waals surface area contributed by atoms with Gasteiger partial charge in [-0.1, -0.05) is 12.1 Å². The van der Waals surface area contributed by atoms with Gasteiger partial charge >= 0.3 is 0 Å². The maximum atomic E-state index is 8.55. The number of nitriles is 1. The Morgan fingerprint density at radius 1 is 1.23 bits per heavy atom. The van der Waals surface area contributed by atoms with Gasteiger partial charge in [-0.05, 0) is 31.8 Å². The van der Waals surface area contributed by atoms with Crippen LogP contribution in [0.1, 0.15) is 11.1 Å². The Hall–Kier alpha value is -1.04. The summed E-state index contributed by atoms with van der Waals surface area (Å²) in [7, 11) is 4.05. The molecule has 1 aromatic rings. The standard InChI is InChI=1S/C10H12N2.ClH/c1-12(2)8-10-5-3-9(7-11)4-6-10;/h3-6H,8H2,1-2H3;1H. The molecule has 0 aliphatic rings. The van der Waals surface area contributed by atoms with E-state index in [4.69, 9.17) is 5.26 Å². The van der Waals surface area contributed by atoms with E-state index >= 15 is 0 Å². The Morgan fingerprint density at radius 2 is 1.77 bits per heavy atom. The van der Waals surface area contributed by atoms with E-state index in [1.165, 1.54) is 5.56 Å². The van der Waals surface area contributed by atoms with E-state index in [1.807, 2.05) is 38.4 Å². The Balaban J connectivity index is 0.00000144. The maximum absolute atomic E-state index is 8.55. The molecule has 0 aliphatic heterocycles. The topological polar surface area (TPSA) is 27.0 Å². The molecule has 1 rings (SSSR count). The maximum Gasteiger partial charge on any atom is 0.0991 e. The van der Waals surface area contributed by atoms with Gasteiger partial charge in [-0.25, -0.2) is 0 Å². The van der Waals surface area contributed by atoms with Crippen molar-refractivity contribution in [2.75, 3.05) is 14.1 Å². The second kappa shape index (κ2) is 5.58. The van der Waals surface area contributed by atoms with Gasteiger partial charge in [-0.2, -0.15) is 5.26 Å². The zero-order valence-electron chi connectivity index (χ0n) is 7.82. The van der Waals surface area contributed by atoms with Crippen LogP contribution in [0.3, 0.4) is 0 Å². The SMILES string of the molecule is CN(C)Cc1ccc(C#N)cc1.Cl. The number of nitrogens with zero attached hydrogens (tertiary/aromatic N) is 2. The van der Waals surface area contributed by atoms with Crippen LogP contribution in [0.5, 0.6) is 0 Å². The van der Waals surface area contributed by atoms with Gasteiger partial charge in [0.25, 0.3) is 0 Å². The van der Waals surface area contributed by atoms with Gasteiger partial charge in [-0.3, -0.25) is 0 Å².